The predicted molar refractivity (Wildman–Crippen MR) is 104 cm³/mol. The molecule has 2 heterocycles. The van der Waals surface area contributed by atoms with Crippen LogP contribution >= 0.6 is 22.6 Å². The number of benzene rings is 2. The number of rotatable bonds is 3. The molecule has 0 saturated heterocycles. The highest BCUT2D eigenvalue weighted by atomic mass is 127. The summed E-state index contributed by atoms with van der Waals surface area (Å²) < 4.78 is 42.3. The lowest BCUT2D eigenvalue weighted by molar-refractivity contribution is 0.0697. The molecule has 0 aliphatic carbocycles. The molecule has 4 aromatic rings. The van der Waals surface area contributed by atoms with E-state index in [-0.39, 0.29) is 22.4 Å². The molecular weight excluding hydrogens is 488 g/mol. The Labute approximate surface area is 169 Å². The number of alkyl halides is 1. The quantitative estimate of drug-likeness (QED) is 0.250. The number of aryl methyl sites for hydroxylation is 1. The van der Waals surface area contributed by atoms with Crippen LogP contribution in [-0.4, -0.2) is 30.6 Å². The van der Waals surface area contributed by atoms with E-state index in [1.165, 1.54) is 12.1 Å². The normalized spacial score (nSPS) is 13.9. The van der Waals surface area contributed by atoms with Gasteiger partial charge >= 0.3 is 5.97 Å². The van der Waals surface area contributed by atoms with Crippen molar-refractivity contribution in [1.82, 2.24) is 19.5 Å². The van der Waals surface area contributed by atoms with E-state index in [2.05, 4.69) is 15.0 Å². The average molecular weight is 500 g/mol. The lowest BCUT2D eigenvalue weighted by atomic mass is 10.1. The number of aromatic carboxylic acids is 1. The van der Waals surface area contributed by atoms with Gasteiger partial charge in [0.15, 0.2) is 17.5 Å². The average Bonchev–Trinajstić information content (AvgIpc) is 3.23. The molecule has 0 saturated carbocycles. The number of nitrogens with one attached hydrogen (secondary N) is 1. The van der Waals surface area contributed by atoms with Crippen molar-refractivity contribution < 1.29 is 23.1 Å². The van der Waals surface area contributed by atoms with Gasteiger partial charge in [0, 0.05) is 13.1 Å². The van der Waals surface area contributed by atoms with E-state index < -0.39 is 26.8 Å². The molecule has 0 aliphatic rings. The zero-order chi connectivity index (χ0) is 20.4. The smallest absolute Gasteiger partial charge is 0.335 e. The first-order valence-corrected chi connectivity index (χ1v) is 9.12. The Kier molecular flexibility index (Phi) is 4.14. The second kappa shape index (κ2) is 6.19. The molecule has 2 N–H and O–H groups in total. The highest BCUT2D eigenvalue weighted by Crippen LogP contribution is 2.39. The van der Waals surface area contributed by atoms with E-state index in [1.807, 2.05) is 22.6 Å². The number of carbonyl (C=O) groups is 1. The number of H-pyrrole nitrogens is 1. The lowest BCUT2D eigenvalue weighted by Gasteiger charge is -2.19. The SMILES string of the molecule is Cn1c(C(C)(I)c2nc3c(F)cc(F)c(F)c3[nH]2)nc2ccc(C(=O)O)cc21. The molecule has 0 amide bonds. The van der Waals surface area contributed by atoms with Crippen molar-refractivity contribution in [3.8, 4) is 0 Å². The molecule has 4 rings (SSSR count). The minimum absolute atomic E-state index is 0.112. The molecule has 1 atom stereocenters. The summed E-state index contributed by atoms with van der Waals surface area (Å²) in [6.07, 6.45) is 0. The summed E-state index contributed by atoms with van der Waals surface area (Å²) in [6, 6.07) is 4.98. The second-order valence-electron chi connectivity index (χ2n) is 6.47. The van der Waals surface area contributed by atoms with E-state index in [9.17, 15) is 23.1 Å². The van der Waals surface area contributed by atoms with Crippen LogP contribution in [0.4, 0.5) is 13.2 Å². The van der Waals surface area contributed by atoms with Crippen LogP contribution in [0.3, 0.4) is 0 Å². The molecule has 0 bridgehead atoms. The Morgan fingerprint density at radius 3 is 2.61 bits per heavy atom. The maximum atomic E-state index is 14.1. The number of aromatic nitrogens is 4. The molecule has 144 valence electrons. The van der Waals surface area contributed by atoms with Crippen molar-refractivity contribution in [2.75, 3.05) is 0 Å². The van der Waals surface area contributed by atoms with Crippen LogP contribution in [-0.2, 0) is 10.5 Å². The number of aromatic amines is 1. The molecule has 6 nitrogen and oxygen atoms in total. The number of imidazole rings is 2. The molecule has 10 heteroatoms. The number of hydrogen-bond donors (Lipinski definition) is 2. The molecule has 1 unspecified atom stereocenters. The Hall–Kier alpha value is -2.63. The number of nitrogens with zero attached hydrogens (tertiary/aromatic N) is 3. The summed E-state index contributed by atoms with van der Waals surface area (Å²) in [5.74, 6) is -3.89. The lowest BCUT2D eigenvalue weighted by Crippen LogP contribution is -2.21. The van der Waals surface area contributed by atoms with Gasteiger partial charge in [-0.15, -0.1) is 0 Å². The minimum Gasteiger partial charge on any atom is -0.478 e. The van der Waals surface area contributed by atoms with Gasteiger partial charge < -0.3 is 14.7 Å². The number of halogens is 4. The van der Waals surface area contributed by atoms with Crippen LogP contribution in [0.1, 0.15) is 28.9 Å². The standard InChI is InChI=1S/C18H12F3IN4O2/c1-18(22,16-24-13-9(20)6-8(19)12(21)14(13)25-16)17-23-10-4-3-7(15(27)28)5-11(10)26(17)2/h3-6H,1-2H3,(H,24,25)(H,27,28). The van der Waals surface area contributed by atoms with E-state index in [0.29, 0.717) is 22.9 Å². The topological polar surface area (TPSA) is 83.8 Å². The fourth-order valence-corrected chi connectivity index (χ4v) is 3.88. The third kappa shape index (κ3) is 2.65. The van der Waals surface area contributed by atoms with E-state index in [0.717, 1.165) is 0 Å². The van der Waals surface area contributed by atoms with E-state index >= 15 is 0 Å². The van der Waals surface area contributed by atoms with Gasteiger partial charge in [-0.2, -0.15) is 0 Å². The number of carboxylic acid groups (broad SMARTS) is 1. The highest BCUT2D eigenvalue weighted by molar-refractivity contribution is 14.1. The minimum atomic E-state index is -1.31. The van der Waals surface area contributed by atoms with Crippen molar-refractivity contribution in [3.63, 3.8) is 0 Å². The molecule has 2 aromatic heterocycles. The van der Waals surface area contributed by atoms with Gasteiger partial charge in [-0.25, -0.2) is 27.9 Å². The monoisotopic (exact) mass is 500 g/mol. The van der Waals surface area contributed by atoms with Crippen LogP contribution in [0.25, 0.3) is 22.1 Å². The van der Waals surface area contributed by atoms with E-state index in [1.54, 1.807) is 24.6 Å². The van der Waals surface area contributed by atoms with Crippen molar-refractivity contribution in [2.24, 2.45) is 7.05 Å². The Morgan fingerprint density at radius 1 is 1.21 bits per heavy atom. The maximum Gasteiger partial charge on any atom is 0.335 e. The molecule has 0 spiro atoms. The fourth-order valence-electron chi connectivity index (χ4n) is 3.14. The molecule has 2 aromatic carbocycles. The zero-order valence-corrected chi connectivity index (χ0v) is 16.7. The van der Waals surface area contributed by atoms with Gasteiger partial charge in [0.1, 0.15) is 26.1 Å². The van der Waals surface area contributed by atoms with Gasteiger partial charge in [-0.3, -0.25) is 0 Å². The van der Waals surface area contributed by atoms with Gasteiger partial charge in [0.25, 0.3) is 0 Å². The predicted octanol–water partition coefficient (Wildman–Crippen LogP) is 4.26. The first-order chi connectivity index (χ1) is 13.1. The summed E-state index contributed by atoms with van der Waals surface area (Å²) in [7, 11) is 1.71. The first-order valence-electron chi connectivity index (χ1n) is 8.04. The fraction of sp³-hybridized carbons (Fsp3) is 0.167. The zero-order valence-electron chi connectivity index (χ0n) is 14.5. The first kappa shape index (κ1) is 18.7. The molecule has 0 fully saturated rings. The summed E-state index contributed by atoms with van der Waals surface area (Å²) in [5.41, 5.74) is 0.591. The van der Waals surface area contributed by atoms with Crippen molar-refractivity contribution in [1.29, 1.82) is 0 Å². The summed E-state index contributed by atoms with van der Waals surface area (Å²) in [6.45, 7) is 1.73. The summed E-state index contributed by atoms with van der Waals surface area (Å²) in [5, 5.41) is 9.19. The van der Waals surface area contributed by atoms with Crippen molar-refractivity contribution >= 4 is 50.6 Å². The largest absolute Gasteiger partial charge is 0.478 e. The highest BCUT2D eigenvalue weighted by Gasteiger charge is 2.35. The van der Waals surface area contributed by atoms with Gasteiger partial charge in [-0.05, 0) is 25.1 Å². The molecular formula is C18H12F3IN4O2. The van der Waals surface area contributed by atoms with Crippen molar-refractivity contribution in [3.05, 3.63) is 58.9 Å². The van der Waals surface area contributed by atoms with Crippen LogP contribution in [0.2, 0.25) is 0 Å². The van der Waals surface area contributed by atoms with Crippen LogP contribution < -0.4 is 0 Å². The second-order valence-corrected chi connectivity index (χ2v) is 8.63. The van der Waals surface area contributed by atoms with Crippen LogP contribution in [0.5, 0.6) is 0 Å². The number of hydrogen-bond acceptors (Lipinski definition) is 3. The third-order valence-electron chi connectivity index (χ3n) is 4.61. The van der Waals surface area contributed by atoms with Gasteiger partial charge in [0.05, 0.1) is 16.6 Å². The molecule has 0 radical (unpaired) electrons. The summed E-state index contributed by atoms with van der Waals surface area (Å²) >= 11 is 2.02. The number of fused-ring (bicyclic) bond motifs is 2. The maximum absolute atomic E-state index is 14.1. The number of carboxylic acids is 1. The Morgan fingerprint density at radius 2 is 1.93 bits per heavy atom. The van der Waals surface area contributed by atoms with Crippen LogP contribution in [0, 0.1) is 17.5 Å². The van der Waals surface area contributed by atoms with Crippen molar-refractivity contribution in [2.45, 2.75) is 10.3 Å². The Balaban J connectivity index is 1.92. The summed E-state index contributed by atoms with van der Waals surface area (Å²) in [4.78, 5) is 22.5. The third-order valence-corrected chi connectivity index (χ3v) is 5.60. The Bertz CT molecular complexity index is 1280. The van der Waals surface area contributed by atoms with Gasteiger partial charge in [0.2, 0.25) is 0 Å². The molecule has 28 heavy (non-hydrogen) atoms. The molecule has 0 aliphatic heterocycles. The van der Waals surface area contributed by atoms with Crippen LogP contribution in [0.15, 0.2) is 24.3 Å². The van der Waals surface area contributed by atoms with Gasteiger partial charge in [-0.1, -0.05) is 22.6 Å². The van der Waals surface area contributed by atoms with E-state index in [4.69, 9.17) is 0 Å².